The molecule has 2 heteroatoms. The first-order valence-corrected chi connectivity index (χ1v) is 4.66. The molecule has 0 aliphatic heterocycles. The molecule has 0 heterocycles. The van der Waals surface area contributed by atoms with Crippen molar-refractivity contribution in [3.05, 3.63) is 35.4 Å². The first-order valence-electron chi connectivity index (χ1n) is 4.66. The van der Waals surface area contributed by atoms with E-state index in [4.69, 9.17) is 5.73 Å². The molecule has 1 aromatic carbocycles. The molecule has 2 rings (SSSR count). The number of nitrogens with zero attached hydrogens (tertiary/aromatic N) is 1. The van der Waals surface area contributed by atoms with Crippen LogP contribution in [-0.4, -0.2) is 11.9 Å². The molecule has 2 nitrogen and oxygen atoms in total. The van der Waals surface area contributed by atoms with Crippen molar-refractivity contribution in [3.8, 4) is 0 Å². The second-order valence-electron chi connectivity index (χ2n) is 3.61. The summed E-state index contributed by atoms with van der Waals surface area (Å²) in [7, 11) is 0. The molecule has 2 N–H and O–H groups in total. The van der Waals surface area contributed by atoms with Gasteiger partial charge in [-0.1, -0.05) is 29.8 Å². The number of hydrogen-bond donors (Lipinski definition) is 1. The zero-order valence-electron chi connectivity index (χ0n) is 7.83. The number of nitrogens with two attached hydrogens (primary N) is 1. The van der Waals surface area contributed by atoms with Gasteiger partial charge in [-0.3, -0.25) is 4.99 Å². The minimum Gasteiger partial charge on any atom is -0.383 e. The fourth-order valence-corrected chi connectivity index (χ4v) is 1.20. The predicted octanol–water partition coefficient (Wildman–Crippen LogP) is 1.86. The summed E-state index contributed by atoms with van der Waals surface area (Å²) in [5, 5.41) is 0. The van der Waals surface area contributed by atoms with Crippen LogP contribution < -0.4 is 5.73 Å². The monoisotopic (exact) mass is 174 g/mol. The van der Waals surface area contributed by atoms with Crippen molar-refractivity contribution < 1.29 is 0 Å². The Balaban J connectivity index is 2.19. The van der Waals surface area contributed by atoms with Crippen molar-refractivity contribution in [1.29, 1.82) is 0 Å². The lowest BCUT2D eigenvalue weighted by atomic mass is 10.1. The van der Waals surface area contributed by atoms with Gasteiger partial charge in [-0.15, -0.1) is 0 Å². The molecule has 1 aromatic rings. The van der Waals surface area contributed by atoms with Crippen LogP contribution >= 0.6 is 0 Å². The Hall–Kier alpha value is -1.31. The smallest absolute Gasteiger partial charge is 0.125 e. The van der Waals surface area contributed by atoms with Crippen LogP contribution in [0.1, 0.15) is 24.0 Å². The number of rotatable bonds is 2. The molecule has 13 heavy (non-hydrogen) atoms. The fraction of sp³-hybridized carbons (Fsp3) is 0.364. The Morgan fingerprint density at radius 2 is 1.92 bits per heavy atom. The molecule has 0 saturated heterocycles. The Kier molecular flexibility index (Phi) is 2.05. The van der Waals surface area contributed by atoms with Crippen molar-refractivity contribution >= 4 is 5.84 Å². The predicted molar refractivity (Wildman–Crippen MR) is 54.9 cm³/mol. The van der Waals surface area contributed by atoms with Gasteiger partial charge in [-0.2, -0.15) is 0 Å². The molecule has 1 saturated carbocycles. The number of hydrogen-bond acceptors (Lipinski definition) is 1. The van der Waals surface area contributed by atoms with E-state index in [1.165, 1.54) is 18.4 Å². The van der Waals surface area contributed by atoms with Gasteiger partial charge >= 0.3 is 0 Å². The second-order valence-corrected chi connectivity index (χ2v) is 3.61. The highest BCUT2D eigenvalue weighted by Gasteiger charge is 2.20. The molecule has 1 aliphatic rings. The van der Waals surface area contributed by atoms with Gasteiger partial charge in [0.25, 0.3) is 0 Å². The van der Waals surface area contributed by atoms with Gasteiger partial charge in [0.2, 0.25) is 0 Å². The highest BCUT2D eigenvalue weighted by molar-refractivity contribution is 5.97. The topological polar surface area (TPSA) is 38.4 Å². The van der Waals surface area contributed by atoms with Crippen LogP contribution in [0, 0.1) is 6.92 Å². The van der Waals surface area contributed by atoms with Crippen molar-refractivity contribution in [2.75, 3.05) is 0 Å². The van der Waals surface area contributed by atoms with Crippen LogP contribution in [-0.2, 0) is 0 Å². The van der Waals surface area contributed by atoms with Gasteiger partial charge in [0.15, 0.2) is 0 Å². The van der Waals surface area contributed by atoms with Crippen LogP contribution in [0.2, 0.25) is 0 Å². The van der Waals surface area contributed by atoms with Gasteiger partial charge in [-0.05, 0) is 19.8 Å². The molecule has 1 fully saturated rings. The average molecular weight is 174 g/mol. The fourth-order valence-electron chi connectivity index (χ4n) is 1.20. The summed E-state index contributed by atoms with van der Waals surface area (Å²) in [4.78, 5) is 4.38. The maximum atomic E-state index is 5.84. The highest BCUT2D eigenvalue weighted by atomic mass is 14.9. The summed E-state index contributed by atoms with van der Waals surface area (Å²) in [6.07, 6.45) is 2.40. The molecule has 0 bridgehead atoms. The summed E-state index contributed by atoms with van der Waals surface area (Å²) < 4.78 is 0. The van der Waals surface area contributed by atoms with E-state index in [0.29, 0.717) is 11.9 Å². The normalized spacial score (nSPS) is 17.5. The van der Waals surface area contributed by atoms with Crippen LogP contribution in [0.3, 0.4) is 0 Å². The summed E-state index contributed by atoms with van der Waals surface area (Å²) in [6, 6.07) is 8.67. The third-order valence-electron chi connectivity index (χ3n) is 2.22. The van der Waals surface area contributed by atoms with E-state index in [1.54, 1.807) is 0 Å². The zero-order chi connectivity index (χ0) is 9.26. The largest absolute Gasteiger partial charge is 0.383 e. The van der Waals surface area contributed by atoms with Crippen LogP contribution in [0.4, 0.5) is 0 Å². The molecular weight excluding hydrogens is 160 g/mol. The van der Waals surface area contributed by atoms with Crippen molar-refractivity contribution in [1.82, 2.24) is 0 Å². The van der Waals surface area contributed by atoms with Gasteiger partial charge < -0.3 is 5.73 Å². The van der Waals surface area contributed by atoms with Gasteiger partial charge in [0.1, 0.15) is 5.84 Å². The second kappa shape index (κ2) is 3.21. The lowest BCUT2D eigenvalue weighted by molar-refractivity contribution is 1.06. The Bertz CT molecular complexity index is 320. The van der Waals surface area contributed by atoms with Crippen LogP contribution in [0.25, 0.3) is 0 Å². The molecule has 0 atom stereocenters. The van der Waals surface area contributed by atoms with Gasteiger partial charge in [0, 0.05) is 5.56 Å². The van der Waals surface area contributed by atoms with E-state index in [1.807, 2.05) is 12.1 Å². The number of amidine groups is 1. The van der Waals surface area contributed by atoms with Crippen molar-refractivity contribution in [2.24, 2.45) is 10.7 Å². The first-order chi connectivity index (χ1) is 6.25. The Morgan fingerprint density at radius 1 is 1.31 bits per heavy atom. The first kappa shape index (κ1) is 8.30. The summed E-state index contributed by atoms with van der Waals surface area (Å²) in [5.41, 5.74) is 8.13. The van der Waals surface area contributed by atoms with Crippen LogP contribution in [0.15, 0.2) is 29.3 Å². The maximum absolute atomic E-state index is 5.84. The lowest BCUT2D eigenvalue weighted by Gasteiger charge is -2.00. The number of benzene rings is 1. The summed E-state index contributed by atoms with van der Waals surface area (Å²) >= 11 is 0. The van der Waals surface area contributed by atoms with Gasteiger partial charge in [0.05, 0.1) is 6.04 Å². The highest BCUT2D eigenvalue weighted by Crippen LogP contribution is 2.23. The molecule has 1 aliphatic carbocycles. The van der Waals surface area contributed by atoms with Crippen LogP contribution in [0.5, 0.6) is 0 Å². The van der Waals surface area contributed by atoms with E-state index in [-0.39, 0.29) is 0 Å². The minimum atomic E-state index is 0.501. The van der Waals surface area contributed by atoms with E-state index < -0.39 is 0 Å². The molecule has 68 valence electrons. The zero-order valence-corrected chi connectivity index (χ0v) is 7.83. The SMILES string of the molecule is Cc1ccc(C(N)=NC2CC2)cc1. The molecule has 0 spiro atoms. The maximum Gasteiger partial charge on any atom is 0.125 e. The quantitative estimate of drug-likeness (QED) is 0.539. The lowest BCUT2D eigenvalue weighted by Crippen LogP contribution is -2.13. The summed E-state index contributed by atoms with van der Waals surface area (Å²) in [6.45, 7) is 2.07. The third kappa shape index (κ3) is 2.08. The number of aryl methyl sites for hydroxylation is 1. The molecule has 0 radical (unpaired) electrons. The number of aliphatic imine (C=N–C) groups is 1. The summed E-state index contributed by atoms with van der Waals surface area (Å²) in [5.74, 6) is 0.683. The van der Waals surface area contributed by atoms with Gasteiger partial charge in [-0.25, -0.2) is 0 Å². The third-order valence-corrected chi connectivity index (χ3v) is 2.22. The van der Waals surface area contributed by atoms with E-state index in [2.05, 4.69) is 24.0 Å². The average Bonchev–Trinajstić information content (AvgIpc) is 2.89. The van der Waals surface area contributed by atoms with E-state index >= 15 is 0 Å². The molecular formula is C11H14N2. The van der Waals surface area contributed by atoms with E-state index in [0.717, 1.165) is 5.56 Å². The molecule has 0 unspecified atom stereocenters. The Labute approximate surface area is 78.5 Å². The van der Waals surface area contributed by atoms with Crippen molar-refractivity contribution in [3.63, 3.8) is 0 Å². The Morgan fingerprint density at radius 3 is 2.46 bits per heavy atom. The molecule has 0 amide bonds. The molecule has 0 aromatic heterocycles. The van der Waals surface area contributed by atoms with Crippen molar-refractivity contribution in [2.45, 2.75) is 25.8 Å². The minimum absolute atomic E-state index is 0.501. The standard InChI is InChI=1S/C11H14N2/c1-8-2-4-9(5-3-8)11(12)13-10-6-7-10/h2-5,10H,6-7H2,1H3,(H2,12,13). The van der Waals surface area contributed by atoms with E-state index in [9.17, 15) is 0 Å².